The Kier molecular flexibility index (Phi) is 5.19. The Bertz CT molecular complexity index is 1640. The minimum atomic E-state index is -2.76. The fourth-order valence-corrected chi connectivity index (χ4v) is 4.14. The summed E-state index contributed by atoms with van der Waals surface area (Å²) in [4.78, 5) is 21.7. The zero-order valence-corrected chi connectivity index (χ0v) is 20.2. The minimum Gasteiger partial charge on any atom is -0.494 e. The lowest BCUT2D eigenvalue weighted by atomic mass is 10.1. The number of aromatic nitrogens is 6. The van der Waals surface area contributed by atoms with Gasteiger partial charge < -0.3 is 25.4 Å². The predicted octanol–water partition coefficient (Wildman–Crippen LogP) is 3.49. The van der Waals surface area contributed by atoms with Crippen LogP contribution in [0.15, 0.2) is 36.7 Å². The monoisotopic (exact) mass is 520 g/mol. The van der Waals surface area contributed by atoms with E-state index in [0.29, 0.717) is 34.4 Å². The van der Waals surface area contributed by atoms with Gasteiger partial charge in [0.1, 0.15) is 23.7 Å². The van der Waals surface area contributed by atoms with Crippen molar-refractivity contribution in [1.82, 2.24) is 35.3 Å². The van der Waals surface area contributed by atoms with Crippen LogP contribution in [0.4, 0.5) is 27.4 Å². The fourth-order valence-electron chi connectivity index (χ4n) is 4.14. The summed E-state index contributed by atoms with van der Waals surface area (Å²) in [5, 5.41) is 20.6. The second kappa shape index (κ2) is 9.67. The van der Waals surface area contributed by atoms with Crippen LogP contribution in [0.1, 0.15) is 44.7 Å². The third-order valence-corrected chi connectivity index (χ3v) is 6.10. The number of anilines is 4. The average Bonchev–Trinajstić information content (AvgIpc) is 3.65. The van der Waals surface area contributed by atoms with E-state index < -0.39 is 18.7 Å². The van der Waals surface area contributed by atoms with Gasteiger partial charge in [0.25, 0.3) is 5.91 Å². The zero-order valence-electron chi connectivity index (χ0n) is 23.2. The molecule has 6 rings (SSSR count). The minimum absolute atomic E-state index is 0.0695. The smallest absolute Gasteiger partial charge is 0.273 e. The van der Waals surface area contributed by atoms with E-state index in [1.54, 1.807) is 17.1 Å². The van der Waals surface area contributed by atoms with E-state index in [4.69, 9.17) is 13.6 Å². The number of rotatable bonds is 4. The number of amides is 1. The van der Waals surface area contributed by atoms with Gasteiger partial charge in [0.05, 0.1) is 43.3 Å². The van der Waals surface area contributed by atoms with Gasteiger partial charge in [-0.2, -0.15) is 5.10 Å². The van der Waals surface area contributed by atoms with Crippen molar-refractivity contribution in [2.24, 2.45) is 0 Å². The Balaban J connectivity index is 1.49. The molecule has 3 aromatic heterocycles. The quantitative estimate of drug-likeness (QED) is 0.366. The van der Waals surface area contributed by atoms with Crippen LogP contribution in [0.5, 0.6) is 5.75 Å². The number of ether oxygens (including phenoxy) is 2. The molecule has 2 aliphatic rings. The van der Waals surface area contributed by atoms with Crippen LogP contribution in [-0.2, 0) is 18.0 Å². The molecule has 0 radical (unpaired) electrons. The van der Waals surface area contributed by atoms with Crippen LogP contribution < -0.4 is 20.7 Å². The van der Waals surface area contributed by atoms with Crippen molar-refractivity contribution in [3.63, 3.8) is 0 Å². The number of halogens is 1. The van der Waals surface area contributed by atoms with Crippen molar-refractivity contribution < 1.29 is 22.8 Å². The van der Waals surface area contributed by atoms with Gasteiger partial charge in [-0.1, -0.05) is 0 Å². The standard InChI is InChI=1S/C25H24FN9O3/c1-27-25(36)22-17-9-21(32-33-22)31-20-6-5-16(26)19(30-20)11-38-10-13-7-15(23(37-2)18(8-13)29-17)24-28-12-35(34-24)14-3-4-14/h5-9,12,14,29H,3-4,10-11H2,1-2H3,(H,27,36)(H,30,31,32)/i1D3. The summed E-state index contributed by atoms with van der Waals surface area (Å²) in [6.07, 6.45) is 3.72. The van der Waals surface area contributed by atoms with Crippen molar-refractivity contribution in [2.75, 3.05) is 24.7 Å². The van der Waals surface area contributed by atoms with Gasteiger partial charge in [-0.25, -0.2) is 19.0 Å². The number of nitrogens with one attached hydrogen (secondary N) is 3. The maximum absolute atomic E-state index is 14.5. The second-order valence-electron chi connectivity index (χ2n) is 8.82. The Morgan fingerprint density at radius 2 is 2.08 bits per heavy atom. The maximum atomic E-state index is 14.5. The van der Waals surface area contributed by atoms with Gasteiger partial charge in [0.15, 0.2) is 23.1 Å². The van der Waals surface area contributed by atoms with Gasteiger partial charge in [-0.3, -0.25) is 4.79 Å². The summed E-state index contributed by atoms with van der Waals surface area (Å²) in [6.45, 7) is -2.79. The van der Waals surface area contributed by atoms with Crippen LogP contribution >= 0.6 is 0 Å². The number of nitrogens with zero attached hydrogens (tertiary/aromatic N) is 6. The lowest BCUT2D eigenvalue weighted by Crippen LogP contribution is -2.21. The molecule has 38 heavy (non-hydrogen) atoms. The number of benzene rings is 1. The normalized spacial score (nSPS) is 16.1. The molecule has 1 aromatic carbocycles. The van der Waals surface area contributed by atoms with Crippen LogP contribution in [0.2, 0.25) is 0 Å². The molecule has 0 saturated heterocycles. The van der Waals surface area contributed by atoms with Crippen molar-refractivity contribution in [3.05, 3.63) is 59.4 Å². The molecular formula is C25H24FN9O3. The third kappa shape index (κ3) is 4.59. The highest BCUT2D eigenvalue weighted by atomic mass is 19.1. The molecule has 4 aromatic rings. The molecule has 0 spiro atoms. The summed E-state index contributed by atoms with van der Waals surface area (Å²) in [6, 6.07) is 7.97. The topological polar surface area (TPSA) is 141 Å². The highest BCUT2D eigenvalue weighted by Gasteiger charge is 2.26. The van der Waals surface area contributed by atoms with Crippen molar-refractivity contribution in [2.45, 2.75) is 32.1 Å². The molecule has 6 bridgehead atoms. The molecule has 0 unspecified atom stereocenters. The van der Waals surface area contributed by atoms with Gasteiger partial charge in [-0.05, 0) is 42.7 Å². The zero-order chi connectivity index (χ0) is 28.7. The van der Waals surface area contributed by atoms with Crippen molar-refractivity contribution in [3.8, 4) is 17.1 Å². The number of carbonyl (C=O) groups is 1. The first kappa shape index (κ1) is 20.4. The third-order valence-electron chi connectivity index (χ3n) is 6.10. The average molecular weight is 521 g/mol. The van der Waals surface area contributed by atoms with Crippen LogP contribution in [0, 0.1) is 5.82 Å². The van der Waals surface area contributed by atoms with Crippen LogP contribution in [0.25, 0.3) is 11.4 Å². The Labute approximate surface area is 220 Å². The molecule has 12 nitrogen and oxygen atoms in total. The lowest BCUT2D eigenvalue weighted by Gasteiger charge is -2.18. The highest BCUT2D eigenvalue weighted by Crippen LogP contribution is 2.40. The molecule has 0 atom stereocenters. The van der Waals surface area contributed by atoms with E-state index >= 15 is 0 Å². The largest absolute Gasteiger partial charge is 0.494 e. The Hall–Kier alpha value is -4.65. The summed E-state index contributed by atoms with van der Waals surface area (Å²) in [5.74, 6) is -0.326. The molecule has 1 aliphatic carbocycles. The SMILES string of the molecule is [2H]C([2H])([2H])NC(=O)c1nnc2cc1Nc1cc(cc(-c3ncn(C4CC4)n3)c1OC)COCc1nc(ccc1F)N2. The van der Waals surface area contributed by atoms with E-state index in [9.17, 15) is 9.18 Å². The maximum Gasteiger partial charge on any atom is 0.273 e. The first-order valence-electron chi connectivity index (χ1n) is 13.3. The first-order chi connectivity index (χ1) is 19.7. The van der Waals surface area contributed by atoms with Crippen molar-refractivity contribution in [1.29, 1.82) is 0 Å². The predicted molar refractivity (Wildman–Crippen MR) is 135 cm³/mol. The summed E-state index contributed by atoms with van der Waals surface area (Å²) >= 11 is 0. The summed E-state index contributed by atoms with van der Waals surface area (Å²) < 4.78 is 50.2. The number of hydrogen-bond donors (Lipinski definition) is 3. The number of carbonyl (C=O) groups excluding carboxylic acids is 1. The molecule has 1 fully saturated rings. The molecule has 4 heterocycles. The number of pyridine rings is 1. The molecule has 194 valence electrons. The summed E-state index contributed by atoms with van der Waals surface area (Å²) in [5.41, 5.74) is 1.51. The van der Waals surface area contributed by atoms with Crippen LogP contribution in [0.3, 0.4) is 0 Å². The van der Waals surface area contributed by atoms with E-state index in [-0.39, 0.29) is 41.9 Å². The molecule has 1 amide bonds. The molecular weight excluding hydrogens is 493 g/mol. The van der Waals surface area contributed by atoms with Crippen LogP contribution in [-0.4, -0.2) is 49.9 Å². The van der Waals surface area contributed by atoms with E-state index in [2.05, 4.69) is 35.9 Å². The van der Waals surface area contributed by atoms with E-state index in [1.807, 2.05) is 11.4 Å². The second-order valence-corrected chi connectivity index (χ2v) is 8.82. The summed E-state index contributed by atoms with van der Waals surface area (Å²) in [7, 11) is 1.48. The molecule has 13 heteroatoms. The van der Waals surface area contributed by atoms with E-state index in [1.165, 1.54) is 25.3 Å². The van der Waals surface area contributed by atoms with E-state index in [0.717, 1.165) is 12.8 Å². The molecule has 1 saturated carbocycles. The van der Waals surface area contributed by atoms with Gasteiger partial charge in [0.2, 0.25) is 0 Å². The fraction of sp³-hybridized carbons (Fsp3) is 0.280. The number of fused-ring (bicyclic) bond motifs is 6. The Morgan fingerprint density at radius 3 is 2.89 bits per heavy atom. The first-order valence-corrected chi connectivity index (χ1v) is 11.8. The van der Waals surface area contributed by atoms with Gasteiger partial charge in [0, 0.05) is 17.2 Å². The molecule has 3 N–H and O–H groups in total. The number of methoxy groups -OCH3 is 1. The molecule has 1 aliphatic heterocycles. The lowest BCUT2D eigenvalue weighted by molar-refractivity contribution is 0.0958. The van der Waals surface area contributed by atoms with Crippen molar-refractivity contribution >= 4 is 28.9 Å². The van der Waals surface area contributed by atoms with Gasteiger partial charge in [-0.15, -0.1) is 10.2 Å². The van der Waals surface area contributed by atoms with Gasteiger partial charge >= 0.3 is 0 Å². The Morgan fingerprint density at radius 1 is 1.18 bits per heavy atom. The number of hydrogen-bond acceptors (Lipinski definition) is 10. The highest BCUT2D eigenvalue weighted by molar-refractivity contribution is 5.99.